The molecule has 2 aromatic heterocycles. The summed E-state index contributed by atoms with van der Waals surface area (Å²) in [5.74, 6) is 0.184. The lowest BCUT2D eigenvalue weighted by Crippen LogP contribution is -2.08. The summed E-state index contributed by atoms with van der Waals surface area (Å²) in [5.41, 5.74) is 3.78. The van der Waals surface area contributed by atoms with Gasteiger partial charge in [0, 0.05) is 18.1 Å². The smallest absolute Gasteiger partial charge is 0.341 e. The normalized spacial score (nSPS) is 18.4. The first-order chi connectivity index (χ1) is 8.22. The summed E-state index contributed by atoms with van der Waals surface area (Å²) >= 11 is 0. The number of imidazole rings is 1. The second-order valence-corrected chi connectivity index (χ2v) is 4.51. The van der Waals surface area contributed by atoms with Gasteiger partial charge in [0.1, 0.15) is 5.56 Å². The zero-order valence-corrected chi connectivity index (χ0v) is 9.93. The second-order valence-electron chi connectivity index (χ2n) is 4.51. The molecule has 17 heavy (non-hydrogen) atoms. The van der Waals surface area contributed by atoms with Crippen molar-refractivity contribution >= 4 is 11.6 Å². The topological polar surface area (TPSA) is 43.6 Å². The molecule has 0 saturated carbocycles. The Morgan fingerprint density at radius 3 is 3.18 bits per heavy atom. The van der Waals surface area contributed by atoms with Gasteiger partial charge in [0.25, 0.3) is 0 Å². The molecule has 4 nitrogen and oxygen atoms in total. The van der Waals surface area contributed by atoms with Gasteiger partial charge in [-0.05, 0) is 30.4 Å². The number of aromatic nitrogens is 2. The van der Waals surface area contributed by atoms with Crippen LogP contribution in [0, 0.1) is 0 Å². The fourth-order valence-corrected chi connectivity index (χ4v) is 2.62. The molecule has 0 aromatic carbocycles. The number of carbonyl (C=O) groups excluding carboxylic acids is 1. The molecule has 0 fully saturated rings. The van der Waals surface area contributed by atoms with Crippen molar-refractivity contribution < 1.29 is 9.53 Å². The van der Waals surface area contributed by atoms with E-state index in [1.807, 2.05) is 16.7 Å². The number of rotatable bonds is 1. The minimum atomic E-state index is -0.317. The summed E-state index contributed by atoms with van der Waals surface area (Å²) in [7, 11) is 1.40. The van der Waals surface area contributed by atoms with Gasteiger partial charge in [0.2, 0.25) is 0 Å². The first-order valence-electron chi connectivity index (χ1n) is 5.79. The van der Waals surface area contributed by atoms with E-state index in [-0.39, 0.29) is 5.97 Å². The molecule has 0 aliphatic heterocycles. The van der Waals surface area contributed by atoms with Crippen molar-refractivity contribution in [2.45, 2.75) is 25.7 Å². The third kappa shape index (κ3) is 1.37. The Morgan fingerprint density at radius 1 is 1.59 bits per heavy atom. The van der Waals surface area contributed by atoms with Crippen LogP contribution in [0.1, 0.15) is 40.9 Å². The largest absolute Gasteiger partial charge is 0.465 e. The number of nitrogens with zero attached hydrogens (tertiary/aromatic N) is 2. The molecule has 0 N–H and O–H groups in total. The van der Waals surface area contributed by atoms with E-state index in [0.29, 0.717) is 17.1 Å². The predicted molar refractivity (Wildman–Crippen MR) is 63.3 cm³/mol. The average molecular weight is 230 g/mol. The SMILES string of the molecule is COC(=O)c1cc2c(n3ccnc13)CCC2C. The summed E-state index contributed by atoms with van der Waals surface area (Å²) in [5, 5.41) is 0. The van der Waals surface area contributed by atoms with Crippen LogP contribution in [-0.4, -0.2) is 22.5 Å². The van der Waals surface area contributed by atoms with Gasteiger partial charge in [-0.25, -0.2) is 9.78 Å². The van der Waals surface area contributed by atoms with Crippen LogP contribution in [-0.2, 0) is 11.2 Å². The van der Waals surface area contributed by atoms with E-state index in [0.717, 1.165) is 12.8 Å². The van der Waals surface area contributed by atoms with Crippen molar-refractivity contribution in [3.63, 3.8) is 0 Å². The average Bonchev–Trinajstić information content (AvgIpc) is 2.94. The van der Waals surface area contributed by atoms with Gasteiger partial charge in [-0.3, -0.25) is 0 Å². The number of carbonyl (C=O) groups is 1. The summed E-state index contributed by atoms with van der Waals surface area (Å²) in [6.45, 7) is 2.19. The maximum Gasteiger partial charge on any atom is 0.341 e. The maximum absolute atomic E-state index is 11.8. The van der Waals surface area contributed by atoms with Crippen LogP contribution in [0.25, 0.3) is 5.65 Å². The molecular formula is C13H14N2O2. The molecule has 2 heterocycles. The van der Waals surface area contributed by atoms with Crippen LogP contribution in [0.4, 0.5) is 0 Å². The van der Waals surface area contributed by atoms with E-state index in [9.17, 15) is 4.79 Å². The third-order valence-electron chi connectivity index (χ3n) is 3.56. The summed E-state index contributed by atoms with van der Waals surface area (Å²) < 4.78 is 6.84. The highest BCUT2D eigenvalue weighted by molar-refractivity contribution is 5.96. The van der Waals surface area contributed by atoms with Gasteiger partial charge >= 0.3 is 5.97 Å². The van der Waals surface area contributed by atoms with E-state index < -0.39 is 0 Å². The molecule has 4 heteroatoms. The second kappa shape index (κ2) is 3.58. The zero-order valence-electron chi connectivity index (χ0n) is 9.93. The van der Waals surface area contributed by atoms with Crippen molar-refractivity contribution in [2.24, 2.45) is 0 Å². The number of pyridine rings is 1. The number of ether oxygens (including phenoxy) is 1. The number of hydrogen-bond acceptors (Lipinski definition) is 3. The summed E-state index contributed by atoms with van der Waals surface area (Å²) in [6.07, 6.45) is 5.82. The van der Waals surface area contributed by atoms with Crippen LogP contribution in [0.3, 0.4) is 0 Å². The Kier molecular flexibility index (Phi) is 2.18. The first-order valence-corrected chi connectivity index (χ1v) is 5.79. The van der Waals surface area contributed by atoms with Gasteiger partial charge < -0.3 is 9.14 Å². The molecule has 0 amide bonds. The number of fused-ring (bicyclic) bond motifs is 3. The van der Waals surface area contributed by atoms with Crippen LogP contribution in [0.2, 0.25) is 0 Å². The zero-order chi connectivity index (χ0) is 12.0. The van der Waals surface area contributed by atoms with E-state index in [4.69, 9.17) is 4.74 Å². The van der Waals surface area contributed by atoms with Gasteiger partial charge in [-0.1, -0.05) is 6.92 Å². The molecule has 88 valence electrons. The first kappa shape index (κ1) is 10.3. The third-order valence-corrected chi connectivity index (χ3v) is 3.56. The minimum absolute atomic E-state index is 0.317. The lowest BCUT2D eigenvalue weighted by Gasteiger charge is -2.10. The number of esters is 1. The van der Waals surface area contributed by atoms with Gasteiger partial charge in [-0.15, -0.1) is 0 Å². The van der Waals surface area contributed by atoms with Gasteiger partial charge in [0.15, 0.2) is 5.65 Å². The molecule has 3 rings (SSSR count). The van der Waals surface area contributed by atoms with Crippen molar-refractivity contribution in [1.29, 1.82) is 0 Å². The highest BCUT2D eigenvalue weighted by Gasteiger charge is 2.25. The highest BCUT2D eigenvalue weighted by Crippen LogP contribution is 2.34. The Balaban J connectivity index is 2.33. The lowest BCUT2D eigenvalue weighted by molar-refractivity contribution is 0.0602. The van der Waals surface area contributed by atoms with Crippen LogP contribution in [0.15, 0.2) is 18.5 Å². The predicted octanol–water partition coefficient (Wildman–Crippen LogP) is 2.17. The Labute approximate surface area is 99.2 Å². The fraction of sp³-hybridized carbons (Fsp3) is 0.385. The lowest BCUT2D eigenvalue weighted by atomic mass is 10.0. The fourth-order valence-electron chi connectivity index (χ4n) is 2.62. The highest BCUT2D eigenvalue weighted by atomic mass is 16.5. The van der Waals surface area contributed by atoms with E-state index >= 15 is 0 Å². The molecule has 1 aliphatic carbocycles. The molecule has 0 spiro atoms. The summed E-state index contributed by atoms with van der Waals surface area (Å²) in [4.78, 5) is 16.0. The van der Waals surface area contributed by atoms with E-state index in [1.165, 1.54) is 18.4 Å². The monoisotopic (exact) mass is 230 g/mol. The Bertz CT molecular complexity index is 601. The van der Waals surface area contributed by atoms with Crippen molar-refractivity contribution in [2.75, 3.05) is 7.11 Å². The molecule has 0 radical (unpaired) electrons. The molecule has 1 aliphatic rings. The van der Waals surface area contributed by atoms with Crippen LogP contribution >= 0.6 is 0 Å². The number of hydrogen-bond donors (Lipinski definition) is 0. The number of methoxy groups -OCH3 is 1. The van der Waals surface area contributed by atoms with Crippen LogP contribution < -0.4 is 0 Å². The molecule has 1 unspecified atom stereocenters. The quantitative estimate of drug-likeness (QED) is 0.705. The number of aryl methyl sites for hydroxylation is 1. The minimum Gasteiger partial charge on any atom is -0.465 e. The summed E-state index contributed by atoms with van der Waals surface area (Å²) in [6, 6.07) is 1.95. The van der Waals surface area contributed by atoms with E-state index in [2.05, 4.69) is 11.9 Å². The van der Waals surface area contributed by atoms with Crippen LogP contribution in [0.5, 0.6) is 0 Å². The van der Waals surface area contributed by atoms with E-state index in [1.54, 1.807) is 6.20 Å². The molecular weight excluding hydrogens is 216 g/mol. The van der Waals surface area contributed by atoms with Gasteiger partial charge in [0.05, 0.1) is 7.11 Å². The van der Waals surface area contributed by atoms with Gasteiger partial charge in [-0.2, -0.15) is 0 Å². The molecule has 0 bridgehead atoms. The molecule has 0 saturated heterocycles. The molecule has 1 atom stereocenters. The maximum atomic E-state index is 11.8. The Hall–Kier alpha value is -1.84. The standard InChI is InChI=1S/C13H14N2O2/c1-8-3-4-11-9(8)7-10(13(16)17-2)12-14-5-6-15(11)12/h5-8H,3-4H2,1-2H3. The van der Waals surface area contributed by atoms with Crippen molar-refractivity contribution in [1.82, 2.24) is 9.38 Å². The van der Waals surface area contributed by atoms with Crippen molar-refractivity contribution in [3.05, 3.63) is 35.3 Å². The van der Waals surface area contributed by atoms with Crippen molar-refractivity contribution in [3.8, 4) is 0 Å². The Morgan fingerprint density at radius 2 is 2.41 bits per heavy atom. The molecule has 2 aromatic rings.